The van der Waals surface area contributed by atoms with Gasteiger partial charge in [0, 0.05) is 20.0 Å². The molecular weight excluding hydrogens is 370 g/mol. The fourth-order valence-electron chi connectivity index (χ4n) is 5.41. The molecule has 0 nitrogen and oxygen atoms in total. The van der Waals surface area contributed by atoms with Crippen molar-refractivity contribution in [3.63, 3.8) is 0 Å². The van der Waals surface area contributed by atoms with E-state index in [-0.39, 0.29) is 15.8 Å². The van der Waals surface area contributed by atoms with E-state index < -0.39 is 0 Å². The molecule has 4 rings (SSSR count). The number of hydrogen-bond acceptors (Lipinski definition) is 1. The van der Waals surface area contributed by atoms with Crippen molar-refractivity contribution in [2.24, 2.45) is 0 Å². The molecule has 2 aliphatic rings. The van der Waals surface area contributed by atoms with Crippen LogP contribution >= 0.6 is 27.2 Å². The molecule has 2 aromatic rings. The Morgan fingerprint density at radius 3 is 2.08 bits per heavy atom. The summed E-state index contributed by atoms with van der Waals surface area (Å²) in [6.45, 7) is 9.90. The lowest BCUT2D eigenvalue weighted by Crippen LogP contribution is -2.26. The summed E-state index contributed by atoms with van der Waals surface area (Å²) in [4.78, 5) is 0. The topological polar surface area (TPSA) is 0 Å². The summed E-state index contributed by atoms with van der Waals surface area (Å²) >= 11 is 2.20. The third-order valence-electron chi connectivity index (χ3n) is 6.86. The van der Waals surface area contributed by atoms with E-state index in [1.807, 2.05) is 9.92 Å². The van der Waals surface area contributed by atoms with Crippen LogP contribution in [0, 0.1) is 0 Å². The minimum atomic E-state index is 0.0166. The molecule has 1 unspecified atom stereocenters. The molecule has 3 heteroatoms. The van der Waals surface area contributed by atoms with Crippen molar-refractivity contribution in [2.75, 3.05) is 0 Å². The fraction of sp³-hybridized carbons (Fsp3) is 0.652. The molecule has 5 atom stereocenters. The third-order valence-corrected chi connectivity index (χ3v) is 16.2. The number of fused-ring (bicyclic) bond motifs is 1. The highest BCUT2D eigenvalue weighted by Crippen LogP contribution is 2.62. The Labute approximate surface area is 166 Å². The van der Waals surface area contributed by atoms with Crippen LogP contribution in [0.2, 0.25) is 0 Å². The first-order chi connectivity index (χ1) is 12.7. The fourth-order valence-corrected chi connectivity index (χ4v) is 15.9. The third kappa shape index (κ3) is 3.21. The molecule has 0 bridgehead atoms. The van der Waals surface area contributed by atoms with Crippen molar-refractivity contribution in [3.05, 3.63) is 24.3 Å². The van der Waals surface area contributed by atoms with Gasteiger partial charge in [-0.3, -0.25) is 0 Å². The zero-order chi connectivity index (χ0) is 18.3. The van der Waals surface area contributed by atoms with Gasteiger partial charge >= 0.3 is 0 Å². The zero-order valence-electron chi connectivity index (χ0n) is 16.9. The lowest BCUT2D eigenvalue weighted by molar-refractivity contribution is 0.696. The van der Waals surface area contributed by atoms with Gasteiger partial charge in [-0.2, -0.15) is 0 Å². The van der Waals surface area contributed by atoms with Crippen molar-refractivity contribution in [1.82, 2.24) is 0 Å². The molecule has 0 amide bonds. The molecule has 2 saturated heterocycles. The second-order valence-corrected chi connectivity index (χ2v) is 15.2. The predicted octanol–water partition coefficient (Wildman–Crippen LogP) is 7.43. The molecule has 1 aromatic carbocycles. The second-order valence-electron chi connectivity index (χ2n) is 8.26. The average molecular weight is 405 g/mol. The van der Waals surface area contributed by atoms with Gasteiger partial charge in [0.1, 0.15) is 0 Å². The molecule has 0 radical (unpaired) electrons. The van der Waals surface area contributed by atoms with Gasteiger partial charge in [0.05, 0.1) is 0 Å². The van der Waals surface area contributed by atoms with E-state index in [0.717, 1.165) is 22.6 Å². The van der Waals surface area contributed by atoms with Gasteiger partial charge in [0.2, 0.25) is 0 Å². The van der Waals surface area contributed by atoms with E-state index >= 15 is 0 Å². The van der Waals surface area contributed by atoms with Gasteiger partial charge < -0.3 is 0 Å². The van der Waals surface area contributed by atoms with Gasteiger partial charge in [0.25, 0.3) is 0 Å². The van der Waals surface area contributed by atoms with E-state index in [4.69, 9.17) is 0 Å². The minimum absolute atomic E-state index is 0.0166. The lowest BCUT2D eigenvalue weighted by Gasteiger charge is -2.30. The molecule has 142 valence electrons. The minimum Gasteiger partial charge on any atom is -0.135 e. The van der Waals surface area contributed by atoms with Crippen molar-refractivity contribution < 1.29 is 0 Å². The van der Waals surface area contributed by atoms with Crippen LogP contribution in [-0.2, 0) is 0 Å². The quantitative estimate of drug-likeness (QED) is 0.455. The van der Waals surface area contributed by atoms with Gasteiger partial charge in [-0.15, -0.1) is 11.3 Å². The zero-order valence-corrected chi connectivity index (χ0v) is 19.5. The Balaban J connectivity index is 1.90. The molecule has 2 fully saturated rings. The van der Waals surface area contributed by atoms with E-state index in [0.29, 0.717) is 0 Å². The summed E-state index contributed by atoms with van der Waals surface area (Å²) < 4.78 is 3.47. The highest BCUT2D eigenvalue weighted by molar-refractivity contribution is 7.79. The van der Waals surface area contributed by atoms with Gasteiger partial charge in [-0.05, 0) is 73.6 Å². The highest BCUT2D eigenvalue weighted by atomic mass is 32.1. The first-order valence-corrected chi connectivity index (χ1v) is 14.5. The van der Waals surface area contributed by atoms with Crippen molar-refractivity contribution in [2.45, 2.75) is 95.3 Å². The van der Waals surface area contributed by atoms with Gasteiger partial charge in [0.15, 0.2) is 0 Å². The van der Waals surface area contributed by atoms with Gasteiger partial charge in [-0.25, -0.2) is 0 Å². The summed E-state index contributed by atoms with van der Waals surface area (Å²) in [6, 6.07) is 9.41. The maximum atomic E-state index is 2.56. The lowest BCUT2D eigenvalue weighted by atomic mass is 10.1. The summed E-state index contributed by atoms with van der Waals surface area (Å²) in [5.41, 5.74) is 3.85. The monoisotopic (exact) mass is 404 g/mol. The Kier molecular flexibility index (Phi) is 6.10. The van der Waals surface area contributed by atoms with Crippen molar-refractivity contribution >= 4 is 47.2 Å². The standard InChI is InChI=1S/C23H34P2S/c1-5-17-13-12-16(4)24(17)23-22(20-10-8-9-11-21(20)26-23)25-18(6-2)14-15-19(25)7-3/h8-11,16-19H,5-7,12-15H2,1-4H3/t16-,17-,18-,19-,24?/m0/s1. The van der Waals surface area contributed by atoms with Crippen LogP contribution < -0.4 is 9.92 Å². The predicted molar refractivity (Wildman–Crippen MR) is 125 cm³/mol. The maximum absolute atomic E-state index is 2.56. The van der Waals surface area contributed by atoms with Gasteiger partial charge in [-0.1, -0.05) is 61.7 Å². The number of rotatable bonds is 5. The number of thiophene rings is 1. The molecule has 3 heterocycles. The molecule has 1 aromatic heterocycles. The first kappa shape index (κ1) is 19.4. The van der Waals surface area contributed by atoms with Crippen LogP contribution in [-0.4, -0.2) is 22.6 Å². The Morgan fingerprint density at radius 1 is 0.846 bits per heavy atom. The molecule has 2 aliphatic heterocycles. The van der Waals surface area contributed by atoms with E-state index in [9.17, 15) is 0 Å². The van der Waals surface area contributed by atoms with Crippen LogP contribution in [0.25, 0.3) is 10.1 Å². The first-order valence-electron chi connectivity index (χ1n) is 10.8. The highest BCUT2D eigenvalue weighted by Gasteiger charge is 2.42. The largest absolute Gasteiger partial charge is 0.135 e. The molecule has 26 heavy (non-hydrogen) atoms. The van der Waals surface area contributed by atoms with Crippen LogP contribution in [0.4, 0.5) is 0 Å². The van der Waals surface area contributed by atoms with Crippen LogP contribution in [0.15, 0.2) is 24.3 Å². The molecular formula is C23H34P2S. The summed E-state index contributed by atoms with van der Waals surface area (Å²) in [7, 11) is 0.0545. The van der Waals surface area contributed by atoms with Crippen LogP contribution in [0.5, 0.6) is 0 Å². The smallest absolute Gasteiger partial charge is 0.0372 e. The van der Waals surface area contributed by atoms with E-state index in [2.05, 4.69) is 63.3 Å². The number of benzene rings is 1. The van der Waals surface area contributed by atoms with Crippen molar-refractivity contribution in [3.8, 4) is 0 Å². The average Bonchev–Trinajstić information content (AvgIpc) is 3.34. The molecule has 0 spiro atoms. The SMILES string of the molecule is CC[C@H]1CC[C@H](CC)P1c1c(P2[C@@H](CC)CC[C@@H]2C)sc2ccccc12. The van der Waals surface area contributed by atoms with Crippen LogP contribution in [0.3, 0.4) is 0 Å². The molecule has 0 N–H and O–H groups in total. The van der Waals surface area contributed by atoms with Crippen LogP contribution in [0.1, 0.15) is 72.6 Å². The summed E-state index contributed by atoms with van der Waals surface area (Å²) in [6.07, 6.45) is 10.1. The molecule has 0 aliphatic carbocycles. The maximum Gasteiger partial charge on any atom is 0.0372 e. The van der Waals surface area contributed by atoms with Crippen molar-refractivity contribution in [1.29, 1.82) is 0 Å². The van der Waals surface area contributed by atoms with E-state index in [1.54, 1.807) is 10.1 Å². The Hall–Kier alpha value is 0.0400. The van der Waals surface area contributed by atoms with E-state index in [1.165, 1.54) is 44.9 Å². The Bertz CT molecular complexity index is 740. The molecule has 0 saturated carbocycles. The Morgan fingerprint density at radius 2 is 1.42 bits per heavy atom. The number of hydrogen-bond donors (Lipinski definition) is 0. The summed E-state index contributed by atoms with van der Waals surface area (Å²) in [5, 5.41) is 3.55. The summed E-state index contributed by atoms with van der Waals surface area (Å²) in [5.74, 6) is 0. The normalized spacial score (nSPS) is 32.7. The second kappa shape index (κ2) is 8.19.